The molecule has 0 atom stereocenters. The van der Waals surface area contributed by atoms with Crippen molar-refractivity contribution in [2.45, 2.75) is 0 Å². The molecule has 2 aromatic rings. The normalized spacial score (nSPS) is 9.87. The average molecular weight is 262 g/mol. The fourth-order valence-electron chi connectivity index (χ4n) is 1.44. The highest BCUT2D eigenvalue weighted by Gasteiger charge is 2.04. The lowest BCUT2D eigenvalue weighted by Gasteiger charge is -2.07. The van der Waals surface area contributed by atoms with Crippen LogP contribution < -0.4 is 4.74 Å². The number of fused-ring (bicyclic) bond motifs is 1. The summed E-state index contributed by atoms with van der Waals surface area (Å²) in [5, 5.41) is 10.7. The SMILES string of the molecule is N#CCOc1ccc2ccccc2c1Br. The Bertz CT molecular complexity index is 531. The second-order valence-corrected chi connectivity index (χ2v) is 3.84. The summed E-state index contributed by atoms with van der Waals surface area (Å²) in [6, 6.07) is 13.8. The highest BCUT2D eigenvalue weighted by Crippen LogP contribution is 2.32. The van der Waals surface area contributed by atoms with Crippen molar-refractivity contribution in [3.8, 4) is 11.8 Å². The Morgan fingerprint density at radius 2 is 2.00 bits per heavy atom. The van der Waals surface area contributed by atoms with E-state index < -0.39 is 0 Å². The van der Waals surface area contributed by atoms with E-state index in [1.54, 1.807) is 0 Å². The number of halogens is 1. The third-order valence-electron chi connectivity index (χ3n) is 2.12. The van der Waals surface area contributed by atoms with Gasteiger partial charge in [0.05, 0.1) is 4.47 Å². The van der Waals surface area contributed by atoms with E-state index >= 15 is 0 Å². The van der Waals surface area contributed by atoms with E-state index in [-0.39, 0.29) is 6.61 Å². The topological polar surface area (TPSA) is 33.0 Å². The molecule has 2 rings (SSSR count). The maximum absolute atomic E-state index is 8.44. The molecule has 0 saturated heterocycles. The second-order valence-electron chi connectivity index (χ2n) is 3.05. The highest BCUT2D eigenvalue weighted by molar-refractivity contribution is 9.10. The van der Waals surface area contributed by atoms with E-state index in [2.05, 4.69) is 15.9 Å². The molecule has 0 unspecified atom stereocenters. The first kappa shape index (κ1) is 10.0. The minimum atomic E-state index is 0.0664. The van der Waals surface area contributed by atoms with Gasteiger partial charge in [-0.05, 0) is 32.8 Å². The van der Waals surface area contributed by atoms with E-state index in [4.69, 9.17) is 10.00 Å². The van der Waals surface area contributed by atoms with E-state index in [1.165, 1.54) is 0 Å². The monoisotopic (exact) mass is 261 g/mol. The lowest BCUT2D eigenvalue weighted by Crippen LogP contribution is -1.94. The molecule has 0 bridgehead atoms. The molecular formula is C12H8BrNO. The third kappa shape index (κ3) is 1.95. The number of rotatable bonds is 2. The van der Waals surface area contributed by atoms with Crippen molar-refractivity contribution in [1.82, 2.24) is 0 Å². The Hall–Kier alpha value is -1.53. The molecule has 3 heteroatoms. The molecule has 2 nitrogen and oxygen atoms in total. The zero-order valence-electron chi connectivity index (χ0n) is 7.90. The smallest absolute Gasteiger partial charge is 0.174 e. The van der Waals surface area contributed by atoms with Crippen LogP contribution in [0, 0.1) is 11.3 Å². The molecule has 0 heterocycles. The molecular weight excluding hydrogens is 254 g/mol. The molecule has 0 saturated carbocycles. The third-order valence-corrected chi connectivity index (χ3v) is 2.94. The lowest BCUT2D eigenvalue weighted by molar-refractivity contribution is 0.366. The van der Waals surface area contributed by atoms with Crippen molar-refractivity contribution >= 4 is 26.7 Å². The van der Waals surface area contributed by atoms with Crippen molar-refractivity contribution in [3.05, 3.63) is 40.9 Å². The quantitative estimate of drug-likeness (QED) is 0.829. The summed E-state index contributed by atoms with van der Waals surface area (Å²) < 4.78 is 6.18. The van der Waals surface area contributed by atoms with E-state index in [0.717, 1.165) is 15.2 Å². The zero-order valence-corrected chi connectivity index (χ0v) is 9.49. The summed E-state index contributed by atoms with van der Waals surface area (Å²) in [6.07, 6.45) is 0. The summed E-state index contributed by atoms with van der Waals surface area (Å²) in [6.45, 7) is 0.0664. The van der Waals surface area contributed by atoms with Gasteiger partial charge in [-0.3, -0.25) is 0 Å². The van der Waals surface area contributed by atoms with Gasteiger partial charge in [-0.1, -0.05) is 30.3 Å². The van der Waals surface area contributed by atoms with Gasteiger partial charge < -0.3 is 4.74 Å². The van der Waals surface area contributed by atoms with Crippen LogP contribution in [0.25, 0.3) is 10.8 Å². The van der Waals surface area contributed by atoms with Gasteiger partial charge in [0.1, 0.15) is 11.8 Å². The van der Waals surface area contributed by atoms with Crippen LogP contribution in [-0.2, 0) is 0 Å². The lowest BCUT2D eigenvalue weighted by atomic mass is 10.1. The number of hydrogen-bond donors (Lipinski definition) is 0. The molecule has 2 aromatic carbocycles. The van der Waals surface area contributed by atoms with Gasteiger partial charge in [0.25, 0.3) is 0 Å². The molecule has 0 aliphatic heterocycles. The second kappa shape index (κ2) is 4.33. The minimum Gasteiger partial charge on any atom is -0.478 e. The van der Waals surface area contributed by atoms with Crippen LogP contribution in [-0.4, -0.2) is 6.61 Å². The molecule has 15 heavy (non-hydrogen) atoms. The van der Waals surface area contributed by atoms with Crippen molar-refractivity contribution in [1.29, 1.82) is 5.26 Å². The first-order valence-corrected chi connectivity index (χ1v) is 5.29. The molecule has 0 spiro atoms. The van der Waals surface area contributed by atoms with Crippen LogP contribution >= 0.6 is 15.9 Å². The first-order chi connectivity index (χ1) is 7.33. The minimum absolute atomic E-state index is 0.0664. The Morgan fingerprint density at radius 3 is 2.80 bits per heavy atom. The van der Waals surface area contributed by atoms with Crippen LogP contribution in [0.2, 0.25) is 0 Å². The number of nitrogens with zero attached hydrogens (tertiary/aromatic N) is 1. The Balaban J connectivity index is 2.51. The Kier molecular flexibility index (Phi) is 2.89. The standard InChI is InChI=1S/C12H8BrNO/c13-12-10-4-2-1-3-9(10)5-6-11(12)15-8-7-14/h1-6H,8H2. The summed E-state index contributed by atoms with van der Waals surface area (Å²) in [5.74, 6) is 0.704. The Morgan fingerprint density at radius 1 is 1.20 bits per heavy atom. The maximum Gasteiger partial charge on any atom is 0.174 e. The van der Waals surface area contributed by atoms with Gasteiger partial charge in [-0.15, -0.1) is 0 Å². The van der Waals surface area contributed by atoms with E-state index in [0.29, 0.717) is 5.75 Å². The van der Waals surface area contributed by atoms with Gasteiger partial charge in [0.2, 0.25) is 0 Å². The van der Waals surface area contributed by atoms with Crippen molar-refractivity contribution in [3.63, 3.8) is 0 Å². The van der Waals surface area contributed by atoms with Crippen LogP contribution in [0.15, 0.2) is 40.9 Å². The zero-order chi connectivity index (χ0) is 10.7. The molecule has 74 valence electrons. The molecule has 0 fully saturated rings. The van der Waals surface area contributed by atoms with Crippen LogP contribution in [0.4, 0.5) is 0 Å². The molecule has 0 aliphatic carbocycles. The Labute approximate surface area is 96.2 Å². The van der Waals surface area contributed by atoms with Gasteiger partial charge in [-0.2, -0.15) is 5.26 Å². The molecule has 0 radical (unpaired) electrons. The van der Waals surface area contributed by atoms with Gasteiger partial charge in [0.15, 0.2) is 6.61 Å². The largest absolute Gasteiger partial charge is 0.478 e. The van der Waals surface area contributed by atoms with Gasteiger partial charge in [0, 0.05) is 0 Å². The fourth-order valence-corrected chi connectivity index (χ4v) is 2.04. The molecule has 0 aromatic heterocycles. The number of hydrogen-bond acceptors (Lipinski definition) is 2. The summed E-state index contributed by atoms with van der Waals surface area (Å²) >= 11 is 3.48. The van der Waals surface area contributed by atoms with Crippen LogP contribution in [0.3, 0.4) is 0 Å². The van der Waals surface area contributed by atoms with Crippen LogP contribution in [0.1, 0.15) is 0 Å². The first-order valence-electron chi connectivity index (χ1n) is 4.50. The van der Waals surface area contributed by atoms with Gasteiger partial charge >= 0.3 is 0 Å². The molecule has 0 aliphatic rings. The van der Waals surface area contributed by atoms with Gasteiger partial charge in [-0.25, -0.2) is 0 Å². The number of benzene rings is 2. The predicted octanol–water partition coefficient (Wildman–Crippen LogP) is 3.50. The maximum atomic E-state index is 8.44. The van der Waals surface area contributed by atoms with Crippen molar-refractivity contribution in [2.75, 3.05) is 6.61 Å². The summed E-state index contributed by atoms with van der Waals surface area (Å²) in [5.41, 5.74) is 0. The number of nitriles is 1. The number of ether oxygens (including phenoxy) is 1. The van der Waals surface area contributed by atoms with E-state index in [9.17, 15) is 0 Å². The van der Waals surface area contributed by atoms with Crippen LogP contribution in [0.5, 0.6) is 5.75 Å². The van der Waals surface area contributed by atoms with Crippen molar-refractivity contribution in [2.24, 2.45) is 0 Å². The molecule has 0 N–H and O–H groups in total. The predicted molar refractivity (Wildman–Crippen MR) is 62.8 cm³/mol. The highest BCUT2D eigenvalue weighted by atomic mass is 79.9. The fraction of sp³-hybridized carbons (Fsp3) is 0.0833. The summed E-state index contributed by atoms with van der Waals surface area (Å²) in [4.78, 5) is 0. The molecule has 0 amide bonds. The summed E-state index contributed by atoms with van der Waals surface area (Å²) in [7, 11) is 0. The van der Waals surface area contributed by atoms with Crippen molar-refractivity contribution < 1.29 is 4.74 Å². The van der Waals surface area contributed by atoms with E-state index in [1.807, 2.05) is 42.5 Å². The average Bonchev–Trinajstić information content (AvgIpc) is 2.29.